The molecule has 156 valence electrons. The monoisotopic (exact) mass is 388 g/mol. The van der Waals surface area contributed by atoms with Crippen LogP contribution in [0.3, 0.4) is 0 Å². The van der Waals surface area contributed by atoms with Gasteiger partial charge in [-0.05, 0) is 49.1 Å². The average Bonchev–Trinajstić information content (AvgIpc) is 2.57. The topological polar surface area (TPSA) is 77.8 Å². The van der Waals surface area contributed by atoms with E-state index in [1.54, 1.807) is 6.07 Å². The Morgan fingerprint density at radius 2 is 1.79 bits per heavy atom. The van der Waals surface area contributed by atoms with Crippen molar-refractivity contribution in [1.82, 2.24) is 0 Å². The van der Waals surface area contributed by atoms with Crippen LogP contribution in [0, 0.1) is 5.41 Å². The summed E-state index contributed by atoms with van der Waals surface area (Å²) in [5.41, 5.74) is 1.06. The molecule has 0 heterocycles. The molecular weight excluding hydrogens is 352 g/mol. The van der Waals surface area contributed by atoms with Gasteiger partial charge in [-0.3, -0.25) is 0 Å². The number of carboxylic acids is 1. The maximum atomic E-state index is 12.0. The van der Waals surface area contributed by atoms with Crippen LogP contribution in [0.25, 0.3) is 0 Å². The van der Waals surface area contributed by atoms with Gasteiger partial charge in [0.2, 0.25) is 0 Å². The molecule has 0 aromatic heterocycles. The zero-order chi connectivity index (χ0) is 21.1. The van der Waals surface area contributed by atoms with Crippen molar-refractivity contribution in [2.75, 3.05) is 0 Å². The molecule has 0 saturated heterocycles. The van der Waals surface area contributed by atoms with Crippen molar-refractivity contribution in [3.63, 3.8) is 0 Å². The number of hydrogen-bond donors (Lipinski definition) is 3. The van der Waals surface area contributed by atoms with Crippen LogP contribution in [-0.2, 0) is 11.8 Å². The van der Waals surface area contributed by atoms with E-state index in [1.165, 1.54) is 0 Å². The minimum Gasteiger partial charge on any atom is -0.507 e. The molecule has 3 N–H and O–H groups in total. The lowest BCUT2D eigenvalue weighted by molar-refractivity contribution is 0.0692. The first-order chi connectivity index (χ1) is 13.0. The highest BCUT2D eigenvalue weighted by molar-refractivity contribution is 5.94. The molecule has 1 aliphatic carbocycles. The molecule has 0 amide bonds. The van der Waals surface area contributed by atoms with Gasteiger partial charge in [-0.1, -0.05) is 65.5 Å². The summed E-state index contributed by atoms with van der Waals surface area (Å²) in [6, 6.07) is 1.55. The van der Waals surface area contributed by atoms with Gasteiger partial charge in [-0.15, -0.1) is 0 Å². The van der Waals surface area contributed by atoms with E-state index in [4.69, 9.17) is 0 Å². The lowest BCUT2D eigenvalue weighted by Gasteiger charge is -2.45. The molecule has 4 nitrogen and oxygen atoms in total. The molecule has 2 rings (SSSR count). The number of unbranched alkanes of at least 4 members (excludes halogenated alkanes) is 4. The van der Waals surface area contributed by atoms with Crippen molar-refractivity contribution in [2.45, 2.75) is 90.9 Å². The number of carbonyl (C=O) groups is 1. The number of allylic oxidation sites excluding steroid dienone is 1. The standard InChI is InChI=1S/C24H36O4/c1-6-7-8-9-10-11-17-14-18(25)20(21(26)19(17)22(27)28)24(5)15-23(3,4)13-12-16(24)2/h14,25-26H,2,6-13,15H2,1,3-5H3,(H,27,28). The number of phenolic OH excluding ortho intramolecular Hbond substituents is 1. The van der Waals surface area contributed by atoms with Gasteiger partial charge in [0.25, 0.3) is 0 Å². The Morgan fingerprint density at radius 1 is 1.14 bits per heavy atom. The van der Waals surface area contributed by atoms with Crippen molar-refractivity contribution in [3.05, 3.63) is 34.9 Å². The van der Waals surface area contributed by atoms with Gasteiger partial charge in [-0.2, -0.15) is 0 Å². The predicted molar refractivity (Wildman–Crippen MR) is 113 cm³/mol. The first kappa shape index (κ1) is 22.3. The highest BCUT2D eigenvalue weighted by atomic mass is 16.4. The molecule has 1 aromatic rings. The minimum absolute atomic E-state index is 0.0209. The Balaban J connectivity index is 2.45. The molecule has 1 fully saturated rings. The molecule has 28 heavy (non-hydrogen) atoms. The van der Waals surface area contributed by atoms with E-state index in [0.29, 0.717) is 24.0 Å². The van der Waals surface area contributed by atoms with E-state index in [-0.39, 0.29) is 22.5 Å². The number of hydrogen-bond acceptors (Lipinski definition) is 3. The van der Waals surface area contributed by atoms with Crippen LogP contribution in [0.5, 0.6) is 11.5 Å². The van der Waals surface area contributed by atoms with Crippen molar-refractivity contribution >= 4 is 5.97 Å². The lowest BCUT2D eigenvalue weighted by atomic mass is 9.59. The molecular formula is C24H36O4. The predicted octanol–water partition coefficient (Wildman–Crippen LogP) is 6.33. The molecule has 0 bridgehead atoms. The third-order valence-electron chi connectivity index (χ3n) is 6.39. The summed E-state index contributed by atoms with van der Waals surface area (Å²) in [7, 11) is 0. The summed E-state index contributed by atoms with van der Waals surface area (Å²) >= 11 is 0. The van der Waals surface area contributed by atoms with Gasteiger partial charge in [0.1, 0.15) is 17.1 Å². The number of benzene rings is 1. The second-order valence-electron chi connectivity index (χ2n) is 9.40. The molecule has 1 aromatic carbocycles. The smallest absolute Gasteiger partial charge is 0.339 e. The first-order valence-electron chi connectivity index (χ1n) is 10.5. The minimum atomic E-state index is -1.15. The second-order valence-corrected chi connectivity index (χ2v) is 9.40. The van der Waals surface area contributed by atoms with Crippen LogP contribution in [0.1, 0.15) is 101 Å². The van der Waals surface area contributed by atoms with Gasteiger partial charge < -0.3 is 15.3 Å². The first-order valence-corrected chi connectivity index (χ1v) is 10.5. The van der Waals surface area contributed by atoms with Crippen molar-refractivity contribution in [1.29, 1.82) is 0 Å². The number of aromatic carboxylic acids is 1. The van der Waals surface area contributed by atoms with Crippen LogP contribution in [-0.4, -0.2) is 21.3 Å². The van der Waals surface area contributed by atoms with Gasteiger partial charge in [-0.25, -0.2) is 4.79 Å². The molecule has 1 unspecified atom stereocenters. The highest BCUT2D eigenvalue weighted by Crippen LogP contribution is 2.55. The maximum Gasteiger partial charge on any atom is 0.339 e. The molecule has 1 aliphatic rings. The average molecular weight is 389 g/mol. The Kier molecular flexibility index (Phi) is 6.84. The summed E-state index contributed by atoms with van der Waals surface area (Å²) in [4.78, 5) is 12.0. The van der Waals surface area contributed by atoms with Crippen LogP contribution >= 0.6 is 0 Å². The molecule has 1 saturated carbocycles. The Labute approximate surface area is 169 Å². The van der Waals surface area contributed by atoms with Gasteiger partial charge in [0.15, 0.2) is 0 Å². The maximum absolute atomic E-state index is 12.0. The molecule has 1 atom stereocenters. The van der Waals surface area contributed by atoms with Gasteiger partial charge in [0, 0.05) is 11.0 Å². The fourth-order valence-electron chi connectivity index (χ4n) is 4.81. The van der Waals surface area contributed by atoms with Crippen LogP contribution in [0.4, 0.5) is 0 Å². The van der Waals surface area contributed by atoms with E-state index >= 15 is 0 Å². The van der Waals surface area contributed by atoms with Gasteiger partial charge in [0.05, 0.1) is 0 Å². The summed E-state index contributed by atoms with van der Waals surface area (Å²) in [5, 5.41) is 31.6. The number of aromatic hydroxyl groups is 2. The van der Waals surface area contributed by atoms with E-state index in [0.717, 1.165) is 50.5 Å². The highest BCUT2D eigenvalue weighted by Gasteiger charge is 2.44. The number of phenols is 2. The van der Waals surface area contributed by atoms with E-state index < -0.39 is 11.4 Å². The summed E-state index contributed by atoms with van der Waals surface area (Å²) in [5.74, 6) is -1.46. The van der Waals surface area contributed by atoms with Crippen molar-refractivity contribution in [3.8, 4) is 11.5 Å². The third kappa shape index (κ3) is 4.53. The quantitative estimate of drug-likeness (QED) is 0.359. The SMILES string of the molecule is C=C1CCC(C)(C)CC1(C)c1c(O)cc(CCCCCCC)c(C(=O)O)c1O. The van der Waals surface area contributed by atoms with Crippen LogP contribution < -0.4 is 0 Å². The Bertz CT molecular complexity index is 747. The van der Waals surface area contributed by atoms with Crippen LogP contribution in [0.15, 0.2) is 18.2 Å². The van der Waals surface area contributed by atoms with E-state index in [2.05, 4.69) is 27.4 Å². The lowest BCUT2D eigenvalue weighted by Crippen LogP contribution is -2.36. The largest absolute Gasteiger partial charge is 0.507 e. The normalized spacial score (nSPS) is 21.6. The molecule has 0 spiro atoms. The second kappa shape index (κ2) is 8.59. The fraction of sp³-hybridized carbons (Fsp3) is 0.625. The molecule has 4 heteroatoms. The van der Waals surface area contributed by atoms with Gasteiger partial charge >= 0.3 is 5.97 Å². The number of aryl methyl sites for hydroxylation is 1. The number of carboxylic acid groups (broad SMARTS) is 1. The van der Waals surface area contributed by atoms with E-state index in [1.807, 2.05) is 6.92 Å². The zero-order valence-corrected chi connectivity index (χ0v) is 17.9. The Hall–Kier alpha value is -1.97. The molecule has 0 aliphatic heterocycles. The van der Waals surface area contributed by atoms with Crippen molar-refractivity contribution in [2.24, 2.45) is 5.41 Å². The fourth-order valence-corrected chi connectivity index (χ4v) is 4.81. The summed E-state index contributed by atoms with van der Waals surface area (Å²) in [6.07, 6.45) is 8.31. The summed E-state index contributed by atoms with van der Waals surface area (Å²) < 4.78 is 0. The number of rotatable bonds is 8. The third-order valence-corrected chi connectivity index (χ3v) is 6.39. The molecule has 0 radical (unpaired) electrons. The Morgan fingerprint density at radius 3 is 2.39 bits per heavy atom. The summed E-state index contributed by atoms with van der Waals surface area (Å²) in [6.45, 7) is 12.6. The van der Waals surface area contributed by atoms with Crippen LogP contribution in [0.2, 0.25) is 0 Å². The van der Waals surface area contributed by atoms with E-state index in [9.17, 15) is 20.1 Å². The zero-order valence-electron chi connectivity index (χ0n) is 17.9. The van der Waals surface area contributed by atoms with Crippen molar-refractivity contribution < 1.29 is 20.1 Å².